The summed E-state index contributed by atoms with van der Waals surface area (Å²) >= 11 is 0. The molecule has 6 nitrogen and oxygen atoms in total. The SMILES string of the molecule is Cn1cc(-c2ncccc2CNC(=O)c2cc(-c3ccc(F)cc3)c[nH]2)cn1. The first-order valence-electron chi connectivity index (χ1n) is 8.75. The Kier molecular flexibility index (Phi) is 4.72. The molecule has 0 saturated carbocycles. The van der Waals surface area contributed by atoms with Crippen molar-refractivity contribution in [1.29, 1.82) is 0 Å². The van der Waals surface area contributed by atoms with Gasteiger partial charge < -0.3 is 10.3 Å². The van der Waals surface area contributed by atoms with Crippen LogP contribution in [-0.2, 0) is 13.6 Å². The molecule has 0 saturated heterocycles. The monoisotopic (exact) mass is 375 g/mol. The summed E-state index contributed by atoms with van der Waals surface area (Å²) < 4.78 is 14.8. The third-order valence-electron chi connectivity index (χ3n) is 4.41. The topological polar surface area (TPSA) is 75.6 Å². The van der Waals surface area contributed by atoms with Gasteiger partial charge in [-0.1, -0.05) is 18.2 Å². The summed E-state index contributed by atoms with van der Waals surface area (Å²) in [7, 11) is 1.85. The lowest BCUT2D eigenvalue weighted by Gasteiger charge is -2.08. The number of H-pyrrole nitrogens is 1. The number of carbonyl (C=O) groups is 1. The first-order valence-corrected chi connectivity index (χ1v) is 8.75. The van der Waals surface area contributed by atoms with Gasteiger partial charge in [-0.2, -0.15) is 5.10 Å². The van der Waals surface area contributed by atoms with Crippen LogP contribution in [0.5, 0.6) is 0 Å². The van der Waals surface area contributed by atoms with Gasteiger partial charge >= 0.3 is 0 Å². The molecule has 28 heavy (non-hydrogen) atoms. The number of hydrogen-bond acceptors (Lipinski definition) is 3. The number of pyridine rings is 1. The van der Waals surface area contributed by atoms with Crippen molar-refractivity contribution in [1.82, 2.24) is 25.1 Å². The normalized spacial score (nSPS) is 10.8. The zero-order chi connectivity index (χ0) is 19.5. The van der Waals surface area contributed by atoms with Crippen LogP contribution in [-0.4, -0.2) is 25.7 Å². The van der Waals surface area contributed by atoms with Crippen molar-refractivity contribution >= 4 is 5.91 Å². The van der Waals surface area contributed by atoms with Crippen molar-refractivity contribution in [2.45, 2.75) is 6.54 Å². The molecule has 0 aliphatic heterocycles. The maximum Gasteiger partial charge on any atom is 0.267 e. The van der Waals surface area contributed by atoms with E-state index in [9.17, 15) is 9.18 Å². The minimum Gasteiger partial charge on any atom is -0.357 e. The molecular formula is C21H18FN5O. The van der Waals surface area contributed by atoms with E-state index in [4.69, 9.17) is 0 Å². The van der Waals surface area contributed by atoms with Gasteiger partial charge in [-0.3, -0.25) is 14.5 Å². The Labute approximate surface area is 161 Å². The fraction of sp³-hybridized carbons (Fsp3) is 0.0952. The van der Waals surface area contributed by atoms with Crippen LogP contribution >= 0.6 is 0 Å². The predicted octanol–water partition coefficient (Wildman–Crippen LogP) is 3.55. The summed E-state index contributed by atoms with van der Waals surface area (Å²) in [4.78, 5) is 19.9. The van der Waals surface area contributed by atoms with Gasteiger partial charge in [-0.05, 0) is 41.0 Å². The Morgan fingerprint density at radius 1 is 1.18 bits per heavy atom. The van der Waals surface area contributed by atoms with Crippen LogP contribution in [0.4, 0.5) is 4.39 Å². The maximum absolute atomic E-state index is 13.1. The third kappa shape index (κ3) is 3.68. The molecule has 0 atom stereocenters. The average Bonchev–Trinajstić information content (AvgIpc) is 3.36. The number of halogens is 1. The van der Waals surface area contributed by atoms with E-state index < -0.39 is 0 Å². The Bertz CT molecular complexity index is 1110. The van der Waals surface area contributed by atoms with Crippen molar-refractivity contribution in [3.05, 3.63) is 84.3 Å². The van der Waals surface area contributed by atoms with Crippen LogP contribution in [0.15, 0.2) is 67.3 Å². The molecule has 4 rings (SSSR count). The molecule has 0 radical (unpaired) electrons. The lowest BCUT2D eigenvalue weighted by Crippen LogP contribution is -2.23. The highest BCUT2D eigenvalue weighted by atomic mass is 19.1. The molecular weight excluding hydrogens is 357 g/mol. The van der Waals surface area contributed by atoms with Crippen molar-refractivity contribution in [3.63, 3.8) is 0 Å². The van der Waals surface area contributed by atoms with Crippen LogP contribution in [0, 0.1) is 5.82 Å². The van der Waals surface area contributed by atoms with Gasteiger partial charge in [0.2, 0.25) is 0 Å². The molecule has 0 aliphatic rings. The van der Waals surface area contributed by atoms with Crippen LogP contribution in [0.25, 0.3) is 22.4 Å². The number of rotatable bonds is 5. The third-order valence-corrected chi connectivity index (χ3v) is 4.41. The fourth-order valence-corrected chi connectivity index (χ4v) is 2.99. The largest absolute Gasteiger partial charge is 0.357 e. The smallest absolute Gasteiger partial charge is 0.267 e. The van der Waals surface area contributed by atoms with Crippen LogP contribution in [0.2, 0.25) is 0 Å². The second kappa shape index (κ2) is 7.48. The average molecular weight is 375 g/mol. The Morgan fingerprint density at radius 3 is 2.75 bits per heavy atom. The standard InChI is InChI=1S/C21H18FN5O/c1-27-13-17(12-26-27)20-15(3-2-8-23-20)10-25-21(28)19-9-16(11-24-19)14-4-6-18(22)7-5-14/h2-9,11-13,24H,10H2,1H3,(H,25,28). The second-order valence-corrected chi connectivity index (χ2v) is 6.41. The lowest BCUT2D eigenvalue weighted by atomic mass is 10.1. The molecule has 4 aromatic rings. The van der Waals surface area contributed by atoms with Gasteiger partial charge in [-0.15, -0.1) is 0 Å². The molecule has 0 unspecified atom stereocenters. The molecule has 7 heteroatoms. The molecule has 0 fully saturated rings. The summed E-state index contributed by atoms with van der Waals surface area (Å²) in [5, 5.41) is 7.08. The number of hydrogen-bond donors (Lipinski definition) is 2. The number of aromatic amines is 1. The first-order chi connectivity index (χ1) is 13.6. The summed E-state index contributed by atoms with van der Waals surface area (Å²) in [5.41, 5.74) is 4.67. The lowest BCUT2D eigenvalue weighted by molar-refractivity contribution is 0.0946. The number of aryl methyl sites for hydroxylation is 1. The van der Waals surface area contributed by atoms with E-state index in [2.05, 4.69) is 20.4 Å². The van der Waals surface area contributed by atoms with E-state index in [1.165, 1.54) is 12.1 Å². The zero-order valence-corrected chi connectivity index (χ0v) is 15.2. The number of aromatic nitrogens is 4. The van der Waals surface area contributed by atoms with E-state index in [-0.39, 0.29) is 11.7 Å². The van der Waals surface area contributed by atoms with E-state index >= 15 is 0 Å². The molecule has 0 aliphatic carbocycles. The molecule has 1 aromatic carbocycles. The van der Waals surface area contributed by atoms with E-state index in [0.717, 1.165) is 27.9 Å². The molecule has 0 spiro atoms. The van der Waals surface area contributed by atoms with Crippen molar-refractivity contribution in [2.75, 3.05) is 0 Å². The highest BCUT2D eigenvalue weighted by molar-refractivity contribution is 5.94. The summed E-state index contributed by atoms with van der Waals surface area (Å²) in [6, 6.07) is 11.6. The number of nitrogens with one attached hydrogen (secondary N) is 2. The first kappa shape index (κ1) is 17.7. The molecule has 3 heterocycles. The van der Waals surface area contributed by atoms with E-state index in [1.54, 1.807) is 41.5 Å². The van der Waals surface area contributed by atoms with Crippen molar-refractivity contribution < 1.29 is 9.18 Å². The van der Waals surface area contributed by atoms with Gasteiger partial charge in [0.05, 0.1) is 11.9 Å². The second-order valence-electron chi connectivity index (χ2n) is 6.41. The van der Waals surface area contributed by atoms with Gasteiger partial charge in [-0.25, -0.2) is 4.39 Å². The Hall–Kier alpha value is -3.74. The van der Waals surface area contributed by atoms with E-state index in [0.29, 0.717) is 12.2 Å². The Balaban J connectivity index is 1.48. The Morgan fingerprint density at radius 2 is 2.00 bits per heavy atom. The quantitative estimate of drug-likeness (QED) is 0.560. The number of nitrogens with zero attached hydrogens (tertiary/aromatic N) is 3. The highest BCUT2D eigenvalue weighted by Crippen LogP contribution is 2.22. The minimum absolute atomic E-state index is 0.227. The van der Waals surface area contributed by atoms with E-state index in [1.807, 2.05) is 25.4 Å². The molecule has 2 N–H and O–H groups in total. The van der Waals surface area contributed by atoms with Crippen LogP contribution < -0.4 is 5.32 Å². The molecule has 1 amide bonds. The summed E-state index contributed by atoms with van der Waals surface area (Å²) in [6.45, 7) is 0.335. The number of carbonyl (C=O) groups excluding carboxylic acids is 1. The van der Waals surface area contributed by atoms with Gasteiger partial charge in [0.1, 0.15) is 11.5 Å². The van der Waals surface area contributed by atoms with Gasteiger partial charge in [0.25, 0.3) is 5.91 Å². The van der Waals surface area contributed by atoms with Crippen molar-refractivity contribution in [3.8, 4) is 22.4 Å². The summed E-state index contributed by atoms with van der Waals surface area (Å²) in [6.07, 6.45) is 7.07. The molecule has 3 aromatic heterocycles. The highest BCUT2D eigenvalue weighted by Gasteiger charge is 2.12. The fourth-order valence-electron chi connectivity index (χ4n) is 2.99. The van der Waals surface area contributed by atoms with Gasteiger partial charge in [0.15, 0.2) is 0 Å². The molecule has 140 valence electrons. The van der Waals surface area contributed by atoms with Crippen LogP contribution in [0.1, 0.15) is 16.1 Å². The van der Waals surface area contributed by atoms with Crippen LogP contribution in [0.3, 0.4) is 0 Å². The number of amides is 1. The number of benzene rings is 1. The zero-order valence-electron chi connectivity index (χ0n) is 15.2. The van der Waals surface area contributed by atoms with Crippen molar-refractivity contribution in [2.24, 2.45) is 7.05 Å². The maximum atomic E-state index is 13.1. The molecule has 0 bridgehead atoms. The summed E-state index contributed by atoms with van der Waals surface area (Å²) in [5.74, 6) is -0.521. The van der Waals surface area contributed by atoms with Gasteiger partial charge in [0, 0.05) is 37.7 Å². The predicted molar refractivity (Wildman–Crippen MR) is 104 cm³/mol. The minimum atomic E-state index is -0.293.